The predicted molar refractivity (Wildman–Crippen MR) is 125 cm³/mol. The predicted octanol–water partition coefficient (Wildman–Crippen LogP) is 5.01. The molecule has 0 aromatic heterocycles. The van der Waals surface area contributed by atoms with Crippen LogP contribution in [-0.2, 0) is 10.0 Å². The molecule has 0 aliphatic rings. The van der Waals surface area contributed by atoms with Crippen LogP contribution >= 0.6 is 0 Å². The molecule has 0 aliphatic carbocycles. The van der Waals surface area contributed by atoms with Crippen LogP contribution in [0.15, 0.2) is 77.7 Å². The number of hydrogen-bond acceptors (Lipinski definition) is 3. The van der Waals surface area contributed by atoms with Crippen LogP contribution < -0.4 is 9.62 Å². The van der Waals surface area contributed by atoms with Gasteiger partial charge in [0.1, 0.15) is 0 Å². The lowest BCUT2D eigenvalue weighted by Gasteiger charge is -2.22. The van der Waals surface area contributed by atoms with E-state index in [1.54, 1.807) is 24.3 Å². The molecule has 0 unspecified atom stereocenters. The number of hydrogen-bond donors (Lipinski definition) is 1. The number of nitrogens with zero attached hydrogens (tertiary/aromatic N) is 1. The Hall–Kier alpha value is -3.12. The SMILES string of the molecule is CC[C@@H](NC(=O)c1cccc(S(=O)(=O)N(C)c2ccccc2C)c1)c1ccccc1C. The van der Waals surface area contributed by atoms with Gasteiger partial charge in [0, 0.05) is 12.6 Å². The van der Waals surface area contributed by atoms with Gasteiger partial charge in [0.15, 0.2) is 0 Å². The number of aryl methyl sites for hydroxylation is 2. The van der Waals surface area contributed by atoms with E-state index in [0.29, 0.717) is 11.3 Å². The fraction of sp³-hybridized carbons (Fsp3) is 0.240. The number of carbonyl (C=O) groups is 1. The van der Waals surface area contributed by atoms with Gasteiger partial charge in [-0.3, -0.25) is 9.10 Å². The molecular weight excluding hydrogens is 408 g/mol. The highest BCUT2D eigenvalue weighted by Crippen LogP contribution is 2.26. The quantitative estimate of drug-likeness (QED) is 0.566. The third kappa shape index (κ3) is 4.80. The molecule has 6 heteroatoms. The summed E-state index contributed by atoms with van der Waals surface area (Å²) in [4.78, 5) is 13.0. The van der Waals surface area contributed by atoms with Crippen molar-refractivity contribution in [2.45, 2.75) is 38.1 Å². The van der Waals surface area contributed by atoms with E-state index in [-0.39, 0.29) is 16.8 Å². The molecule has 1 atom stereocenters. The summed E-state index contributed by atoms with van der Waals surface area (Å²) in [6.45, 7) is 5.88. The van der Waals surface area contributed by atoms with Crippen molar-refractivity contribution >= 4 is 21.6 Å². The highest BCUT2D eigenvalue weighted by Gasteiger charge is 2.24. The molecule has 3 aromatic carbocycles. The minimum atomic E-state index is -3.81. The Labute approximate surface area is 184 Å². The summed E-state index contributed by atoms with van der Waals surface area (Å²) in [7, 11) is -2.29. The minimum absolute atomic E-state index is 0.0786. The third-order valence-electron chi connectivity index (χ3n) is 5.49. The molecule has 3 aromatic rings. The summed E-state index contributed by atoms with van der Waals surface area (Å²) >= 11 is 0. The average molecular weight is 437 g/mol. The molecule has 1 N–H and O–H groups in total. The van der Waals surface area contributed by atoms with Gasteiger partial charge in [0.25, 0.3) is 15.9 Å². The molecule has 31 heavy (non-hydrogen) atoms. The summed E-state index contributed by atoms with van der Waals surface area (Å²) in [6.07, 6.45) is 0.727. The van der Waals surface area contributed by atoms with E-state index in [2.05, 4.69) is 5.32 Å². The maximum Gasteiger partial charge on any atom is 0.264 e. The van der Waals surface area contributed by atoms with Crippen molar-refractivity contribution < 1.29 is 13.2 Å². The molecule has 0 aliphatic heterocycles. The van der Waals surface area contributed by atoms with Crippen LogP contribution in [0.3, 0.4) is 0 Å². The fourth-order valence-corrected chi connectivity index (χ4v) is 4.93. The Kier molecular flexibility index (Phi) is 6.81. The Bertz CT molecular complexity index is 1190. The van der Waals surface area contributed by atoms with Gasteiger partial charge >= 0.3 is 0 Å². The van der Waals surface area contributed by atoms with E-state index in [1.807, 2.05) is 57.2 Å². The van der Waals surface area contributed by atoms with E-state index >= 15 is 0 Å². The second-order valence-electron chi connectivity index (χ2n) is 7.58. The third-order valence-corrected chi connectivity index (χ3v) is 7.25. The average Bonchev–Trinajstić information content (AvgIpc) is 2.78. The van der Waals surface area contributed by atoms with Gasteiger partial charge in [-0.2, -0.15) is 0 Å². The topological polar surface area (TPSA) is 66.5 Å². The zero-order valence-electron chi connectivity index (χ0n) is 18.3. The van der Waals surface area contributed by atoms with Crippen LogP contribution in [-0.4, -0.2) is 21.4 Å². The summed E-state index contributed by atoms with van der Waals surface area (Å²) in [5.41, 5.74) is 3.92. The van der Waals surface area contributed by atoms with E-state index in [9.17, 15) is 13.2 Å². The van der Waals surface area contributed by atoms with E-state index in [1.165, 1.54) is 23.5 Å². The van der Waals surface area contributed by atoms with Crippen LogP contribution in [0.2, 0.25) is 0 Å². The van der Waals surface area contributed by atoms with Crippen molar-refractivity contribution in [3.05, 3.63) is 95.1 Å². The molecule has 5 nitrogen and oxygen atoms in total. The van der Waals surface area contributed by atoms with Gasteiger partial charge in [-0.15, -0.1) is 0 Å². The van der Waals surface area contributed by atoms with Crippen LogP contribution in [0.5, 0.6) is 0 Å². The fourth-order valence-electron chi connectivity index (χ4n) is 3.62. The Morgan fingerprint density at radius 1 is 0.935 bits per heavy atom. The van der Waals surface area contributed by atoms with Gasteiger partial charge in [0.05, 0.1) is 16.6 Å². The normalized spacial score (nSPS) is 12.3. The van der Waals surface area contributed by atoms with Gasteiger partial charge in [-0.25, -0.2) is 8.42 Å². The number of benzene rings is 3. The maximum absolute atomic E-state index is 13.2. The van der Waals surface area contributed by atoms with Crippen molar-refractivity contribution in [1.29, 1.82) is 0 Å². The number of nitrogens with one attached hydrogen (secondary N) is 1. The number of para-hydroxylation sites is 1. The Morgan fingerprint density at radius 3 is 2.23 bits per heavy atom. The first-order valence-corrected chi connectivity index (χ1v) is 11.7. The Morgan fingerprint density at radius 2 is 1.58 bits per heavy atom. The van der Waals surface area contributed by atoms with Gasteiger partial charge < -0.3 is 5.32 Å². The second kappa shape index (κ2) is 9.35. The van der Waals surface area contributed by atoms with Gasteiger partial charge in [-0.1, -0.05) is 55.5 Å². The number of carbonyl (C=O) groups excluding carboxylic acids is 1. The molecule has 0 bridgehead atoms. The van der Waals surface area contributed by atoms with Crippen molar-refractivity contribution in [1.82, 2.24) is 5.32 Å². The molecule has 0 radical (unpaired) electrons. The smallest absolute Gasteiger partial charge is 0.264 e. The molecule has 0 spiro atoms. The van der Waals surface area contributed by atoms with Gasteiger partial charge in [0.2, 0.25) is 0 Å². The second-order valence-corrected chi connectivity index (χ2v) is 9.55. The highest BCUT2D eigenvalue weighted by atomic mass is 32.2. The van der Waals surface area contributed by atoms with Crippen molar-refractivity contribution in [2.75, 3.05) is 11.4 Å². The number of amides is 1. The lowest BCUT2D eigenvalue weighted by molar-refractivity contribution is 0.0935. The maximum atomic E-state index is 13.2. The lowest BCUT2D eigenvalue weighted by atomic mass is 9.99. The van der Waals surface area contributed by atoms with E-state index in [0.717, 1.165) is 23.1 Å². The zero-order valence-corrected chi connectivity index (χ0v) is 19.1. The van der Waals surface area contributed by atoms with Crippen molar-refractivity contribution in [2.24, 2.45) is 0 Å². The first-order chi connectivity index (χ1) is 14.8. The minimum Gasteiger partial charge on any atom is -0.345 e. The van der Waals surface area contributed by atoms with Crippen molar-refractivity contribution in [3.63, 3.8) is 0 Å². The highest BCUT2D eigenvalue weighted by molar-refractivity contribution is 7.92. The lowest BCUT2D eigenvalue weighted by Crippen LogP contribution is -2.30. The molecule has 1 amide bonds. The van der Waals surface area contributed by atoms with Gasteiger partial charge in [-0.05, 0) is 61.2 Å². The number of rotatable bonds is 7. The first-order valence-electron chi connectivity index (χ1n) is 10.3. The first kappa shape index (κ1) is 22.6. The molecular formula is C25H28N2O3S. The van der Waals surface area contributed by atoms with E-state index in [4.69, 9.17) is 0 Å². The van der Waals surface area contributed by atoms with Crippen LogP contribution in [0.25, 0.3) is 0 Å². The molecule has 0 saturated carbocycles. The summed E-state index contributed by atoms with van der Waals surface area (Å²) < 4.78 is 27.6. The zero-order chi connectivity index (χ0) is 22.6. The Balaban J connectivity index is 1.88. The largest absolute Gasteiger partial charge is 0.345 e. The molecule has 3 rings (SSSR count). The monoisotopic (exact) mass is 436 g/mol. The summed E-state index contributed by atoms with van der Waals surface area (Å²) in [5.74, 6) is -0.300. The molecule has 0 saturated heterocycles. The number of anilines is 1. The van der Waals surface area contributed by atoms with Crippen molar-refractivity contribution in [3.8, 4) is 0 Å². The van der Waals surface area contributed by atoms with Crippen LogP contribution in [0, 0.1) is 13.8 Å². The summed E-state index contributed by atoms with van der Waals surface area (Å²) in [6, 6.07) is 21.2. The number of sulfonamides is 1. The summed E-state index contributed by atoms with van der Waals surface area (Å²) in [5, 5.41) is 3.04. The van der Waals surface area contributed by atoms with E-state index < -0.39 is 10.0 Å². The van der Waals surface area contributed by atoms with Crippen LogP contribution in [0.1, 0.15) is 46.4 Å². The van der Waals surface area contributed by atoms with Crippen LogP contribution in [0.4, 0.5) is 5.69 Å². The molecule has 0 fully saturated rings. The molecule has 0 heterocycles. The molecule has 162 valence electrons. The standard InChI is InChI=1S/C25H28N2O3S/c1-5-23(22-15-8-6-11-18(22)2)26-25(28)20-13-10-14-21(17-20)31(29,30)27(4)24-16-9-7-12-19(24)3/h6-17,23H,5H2,1-4H3,(H,26,28)/t23-/m1/s1.